The van der Waals surface area contributed by atoms with Gasteiger partial charge in [-0.05, 0) is 36.2 Å². The summed E-state index contributed by atoms with van der Waals surface area (Å²) in [6.45, 7) is 1.81. The van der Waals surface area contributed by atoms with E-state index in [-0.39, 0.29) is 11.5 Å². The Kier molecular flexibility index (Phi) is 5.25. The minimum absolute atomic E-state index is 0.180. The Hall–Kier alpha value is -4.60. The fraction of sp³-hybridized carbons (Fsp3) is 0.125. The number of pyridine rings is 1. The summed E-state index contributed by atoms with van der Waals surface area (Å²) in [7, 11) is 1.25. The summed E-state index contributed by atoms with van der Waals surface area (Å²) in [5.74, 6) is -0.226. The molecule has 34 heavy (non-hydrogen) atoms. The van der Waals surface area contributed by atoms with E-state index in [0.717, 1.165) is 10.9 Å². The standard InChI is InChI=1S/C24H19FN6O3/c1-12-17(11-26-21-20(12)27-23(28-21)29-24(33)34-2)16-9-13(7-8-18(16)25)10-19-14-5-3-4-6-15(14)22(32)31-30-19/h3-9,11H,10H2,1-2H3,(H,31,32)(H2,26,27,28,29,33). The van der Waals surface area contributed by atoms with Crippen LogP contribution in [0.2, 0.25) is 0 Å². The van der Waals surface area contributed by atoms with Crippen molar-refractivity contribution in [3.8, 4) is 11.1 Å². The van der Waals surface area contributed by atoms with Gasteiger partial charge in [-0.25, -0.2) is 24.3 Å². The SMILES string of the molecule is COC(=O)Nc1nc2c(C)c(-c3cc(Cc4n[nH]c(=O)c5ccccc45)ccc3F)cnc2[nH]1. The fourth-order valence-electron chi connectivity index (χ4n) is 3.94. The molecular weight excluding hydrogens is 439 g/mol. The molecule has 0 unspecified atom stereocenters. The lowest BCUT2D eigenvalue weighted by Crippen LogP contribution is -2.11. The number of aromatic nitrogens is 5. The Labute approximate surface area is 192 Å². The maximum atomic E-state index is 14.9. The number of carbonyl (C=O) groups excluding carboxylic acids is 1. The lowest BCUT2D eigenvalue weighted by atomic mass is 9.97. The molecule has 2 aromatic carbocycles. The van der Waals surface area contributed by atoms with E-state index in [0.29, 0.717) is 45.4 Å². The zero-order chi connectivity index (χ0) is 23.8. The number of hydrogen-bond acceptors (Lipinski definition) is 6. The number of rotatable bonds is 4. The number of amides is 1. The average Bonchev–Trinajstić information content (AvgIpc) is 3.26. The van der Waals surface area contributed by atoms with Crippen molar-refractivity contribution in [1.29, 1.82) is 0 Å². The smallest absolute Gasteiger partial charge is 0.413 e. The number of hydrogen-bond donors (Lipinski definition) is 3. The maximum absolute atomic E-state index is 14.9. The number of ether oxygens (including phenoxy) is 1. The molecule has 0 fully saturated rings. The first kappa shape index (κ1) is 21.3. The molecule has 0 saturated carbocycles. The second-order valence-electron chi connectivity index (χ2n) is 7.73. The van der Waals surface area contributed by atoms with E-state index in [9.17, 15) is 14.0 Å². The Balaban J connectivity index is 1.55. The molecule has 0 aliphatic heterocycles. The van der Waals surface area contributed by atoms with Crippen molar-refractivity contribution in [2.24, 2.45) is 0 Å². The van der Waals surface area contributed by atoms with Crippen molar-refractivity contribution >= 4 is 34.0 Å². The third kappa shape index (κ3) is 3.75. The van der Waals surface area contributed by atoms with Crippen LogP contribution in [0.1, 0.15) is 16.8 Å². The highest BCUT2D eigenvalue weighted by atomic mass is 19.1. The van der Waals surface area contributed by atoms with Gasteiger partial charge in [0.05, 0.1) is 18.2 Å². The third-order valence-corrected chi connectivity index (χ3v) is 5.64. The topological polar surface area (TPSA) is 126 Å². The first-order valence-electron chi connectivity index (χ1n) is 10.4. The number of aromatic amines is 2. The quantitative estimate of drug-likeness (QED) is 0.373. The van der Waals surface area contributed by atoms with E-state index in [4.69, 9.17) is 0 Å². The van der Waals surface area contributed by atoms with Crippen molar-refractivity contribution in [2.45, 2.75) is 13.3 Å². The second kappa shape index (κ2) is 8.39. The number of carbonyl (C=O) groups is 1. The van der Waals surface area contributed by atoms with E-state index in [1.807, 2.05) is 19.1 Å². The van der Waals surface area contributed by atoms with Crippen molar-refractivity contribution < 1.29 is 13.9 Å². The van der Waals surface area contributed by atoms with Gasteiger partial charge in [-0.2, -0.15) is 5.10 Å². The fourth-order valence-corrected chi connectivity index (χ4v) is 3.94. The largest absolute Gasteiger partial charge is 0.453 e. The molecule has 3 N–H and O–H groups in total. The highest BCUT2D eigenvalue weighted by Crippen LogP contribution is 2.31. The first-order valence-corrected chi connectivity index (χ1v) is 10.4. The highest BCUT2D eigenvalue weighted by molar-refractivity contribution is 5.89. The molecule has 10 heteroatoms. The van der Waals surface area contributed by atoms with Crippen molar-refractivity contribution in [2.75, 3.05) is 12.4 Å². The molecular formula is C24H19FN6O3. The summed E-state index contributed by atoms with van der Waals surface area (Å²) in [6, 6.07) is 12.1. The molecule has 3 heterocycles. The van der Waals surface area contributed by atoms with Crippen molar-refractivity contribution in [3.63, 3.8) is 0 Å². The number of methoxy groups -OCH3 is 1. The van der Waals surface area contributed by atoms with Crippen LogP contribution in [0.4, 0.5) is 15.1 Å². The van der Waals surface area contributed by atoms with Gasteiger partial charge in [-0.1, -0.05) is 24.3 Å². The van der Waals surface area contributed by atoms with Crippen LogP contribution < -0.4 is 10.9 Å². The highest BCUT2D eigenvalue weighted by Gasteiger charge is 2.16. The van der Waals surface area contributed by atoms with Crippen LogP contribution in [-0.2, 0) is 11.2 Å². The minimum atomic E-state index is -0.668. The molecule has 9 nitrogen and oxygen atoms in total. The molecule has 5 aromatic rings. The molecule has 0 saturated heterocycles. The molecule has 0 atom stereocenters. The molecule has 0 aliphatic carbocycles. The molecule has 1 amide bonds. The lowest BCUT2D eigenvalue weighted by molar-refractivity contribution is 0.186. The van der Waals surface area contributed by atoms with Crippen molar-refractivity contribution in [1.82, 2.24) is 25.1 Å². The predicted molar refractivity (Wildman–Crippen MR) is 125 cm³/mol. The molecule has 0 spiro atoms. The number of nitrogens with one attached hydrogen (secondary N) is 3. The average molecular weight is 458 g/mol. The van der Waals surface area contributed by atoms with E-state index < -0.39 is 11.9 Å². The summed E-state index contributed by atoms with van der Waals surface area (Å²) in [4.78, 5) is 35.1. The van der Waals surface area contributed by atoms with Crippen LogP contribution >= 0.6 is 0 Å². The molecule has 3 aromatic heterocycles. The van der Waals surface area contributed by atoms with Crippen LogP contribution in [0.25, 0.3) is 33.1 Å². The molecule has 0 aliphatic rings. The van der Waals surface area contributed by atoms with Crippen LogP contribution in [0.5, 0.6) is 0 Å². The zero-order valence-corrected chi connectivity index (χ0v) is 18.3. The Morgan fingerprint density at radius 3 is 2.74 bits per heavy atom. The summed E-state index contributed by atoms with van der Waals surface area (Å²) in [5, 5.41) is 10.5. The van der Waals surface area contributed by atoms with Crippen LogP contribution in [-0.4, -0.2) is 38.4 Å². The molecule has 170 valence electrons. The number of fused-ring (bicyclic) bond motifs is 2. The van der Waals surface area contributed by atoms with Gasteiger partial charge in [-0.3, -0.25) is 10.1 Å². The van der Waals surface area contributed by atoms with Crippen LogP contribution in [0.15, 0.2) is 53.5 Å². The number of nitrogens with zero attached hydrogens (tertiary/aromatic N) is 3. The maximum Gasteiger partial charge on any atom is 0.413 e. The summed E-state index contributed by atoms with van der Waals surface area (Å²) >= 11 is 0. The number of anilines is 1. The number of benzene rings is 2. The van der Waals surface area contributed by atoms with E-state index in [1.165, 1.54) is 13.2 Å². The van der Waals surface area contributed by atoms with Crippen LogP contribution in [0.3, 0.4) is 0 Å². The Morgan fingerprint density at radius 2 is 1.94 bits per heavy atom. The summed E-state index contributed by atoms with van der Waals surface area (Å²) in [6.07, 6.45) is 1.29. The zero-order valence-electron chi connectivity index (χ0n) is 18.3. The van der Waals surface area contributed by atoms with Gasteiger partial charge in [0.1, 0.15) is 11.3 Å². The normalized spacial score (nSPS) is 11.1. The summed E-state index contributed by atoms with van der Waals surface area (Å²) in [5.41, 5.74) is 3.83. The van der Waals surface area contributed by atoms with Gasteiger partial charge in [0.25, 0.3) is 5.56 Å². The van der Waals surface area contributed by atoms with Gasteiger partial charge < -0.3 is 9.72 Å². The van der Waals surface area contributed by atoms with Gasteiger partial charge in [0.15, 0.2) is 5.65 Å². The molecule has 0 bridgehead atoms. The van der Waals surface area contributed by atoms with E-state index in [2.05, 4.69) is 35.2 Å². The number of H-pyrrole nitrogens is 2. The molecule has 5 rings (SSSR count). The Bertz CT molecular complexity index is 1620. The molecule has 0 radical (unpaired) electrons. The Morgan fingerprint density at radius 1 is 1.15 bits per heavy atom. The third-order valence-electron chi connectivity index (χ3n) is 5.64. The number of halogens is 1. The second-order valence-corrected chi connectivity index (χ2v) is 7.73. The minimum Gasteiger partial charge on any atom is -0.453 e. The van der Waals surface area contributed by atoms with E-state index in [1.54, 1.807) is 30.5 Å². The number of imidazole rings is 1. The van der Waals surface area contributed by atoms with E-state index >= 15 is 0 Å². The lowest BCUT2D eigenvalue weighted by Gasteiger charge is -2.10. The van der Waals surface area contributed by atoms with Gasteiger partial charge in [-0.15, -0.1) is 0 Å². The predicted octanol–water partition coefficient (Wildman–Crippen LogP) is 4.08. The van der Waals surface area contributed by atoms with Gasteiger partial charge in [0.2, 0.25) is 5.95 Å². The van der Waals surface area contributed by atoms with Gasteiger partial charge >= 0.3 is 6.09 Å². The van der Waals surface area contributed by atoms with Crippen LogP contribution in [0, 0.1) is 12.7 Å². The van der Waals surface area contributed by atoms with Gasteiger partial charge in [0, 0.05) is 29.1 Å². The monoisotopic (exact) mass is 458 g/mol. The number of aryl methyl sites for hydroxylation is 1. The van der Waals surface area contributed by atoms with Crippen molar-refractivity contribution in [3.05, 3.63) is 81.7 Å². The first-order chi connectivity index (χ1) is 16.4. The summed E-state index contributed by atoms with van der Waals surface area (Å²) < 4.78 is 19.5.